The van der Waals surface area contributed by atoms with Gasteiger partial charge in [0, 0.05) is 25.0 Å². The van der Waals surface area contributed by atoms with Crippen molar-refractivity contribution in [1.82, 2.24) is 4.98 Å². The van der Waals surface area contributed by atoms with Gasteiger partial charge in [0.25, 0.3) is 0 Å². The maximum atomic E-state index is 6.02. The first kappa shape index (κ1) is 11.1. The summed E-state index contributed by atoms with van der Waals surface area (Å²) in [6.45, 7) is 3.98. The van der Waals surface area contributed by atoms with Crippen LogP contribution in [-0.4, -0.2) is 11.5 Å². The van der Waals surface area contributed by atoms with Gasteiger partial charge in [-0.25, -0.2) is 4.98 Å². The van der Waals surface area contributed by atoms with Crippen LogP contribution in [0.25, 0.3) is 0 Å². The van der Waals surface area contributed by atoms with Gasteiger partial charge in [-0.15, -0.1) is 0 Å². The Morgan fingerprint density at radius 1 is 1.28 bits per heavy atom. The fraction of sp³-hybridized carbons (Fsp3) is 0.267. The Labute approximate surface area is 107 Å². The van der Waals surface area contributed by atoms with Crippen molar-refractivity contribution in [2.45, 2.75) is 19.9 Å². The molecule has 92 valence electrons. The van der Waals surface area contributed by atoms with Crippen LogP contribution in [0.3, 0.4) is 0 Å². The van der Waals surface area contributed by atoms with Crippen molar-refractivity contribution in [3.8, 4) is 0 Å². The molecule has 2 aromatic rings. The lowest BCUT2D eigenvalue weighted by Crippen LogP contribution is -2.31. The molecule has 0 saturated carbocycles. The summed E-state index contributed by atoms with van der Waals surface area (Å²) in [7, 11) is 0. The Balaban J connectivity index is 1.91. The van der Waals surface area contributed by atoms with E-state index in [1.807, 2.05) is 24.4 Å². The van der Waals surface area contributed by atoms with Crippen molar-refractivity contribution in [2.75, 3.05) is 17.2 Å². The molecule has 1 aromatic carbocycles. The van der Waals surface area contributed by atoms with E-state index in [9.17, 15) is 0 Å². The molecule has 1 aliphatic rings. The third-order valence-electron chi connectivity index (χ3n) is 3.53. The molecule has 0 spiro atoms. The van der Waals surface area contributed by atoms with Crippen LogP contribution in [-0.2, 0) is 13.0 Å². The van der Waals surface area contributed by atoms with Gasteiger partial charge in [-0.3, -0.25) is 0 Å². The van der Waals surface area contributed by atoms with E-state index in [1.165, 1.54) is 16.7 Å². The largest absolute Gasteiger partial charge is 0.398 e. The molecule has 18 heavy (non-hydrogen) atoms. The number of aryl methyl sites for hydroxylation is 1. The molecule has 0 fully saturated rings. The van der Waals surface area contributed by atoms with Crippen molar-refractivity contribution >= 4 is 11.5 Å². The minimum atomic E-state index is 0.900. The molecule has 1 aliphatic heterocycles. The van der Waals surface area contributed by atoms with Gasteiger partial charge in [-0.1, -0.05) is 12.1 Å². The van der Waals surface area contributed by atoms with Gasteiger partial charge in [0.1, 0.15) is 5.82 Å². The Hall–Kier alpha value is -2.03. The Morgan fingerprint density at radius 3 is 3.00 bits per heavy atom. The third kappa shape index (κ3) is 1.92. The number of pyridine rings is 1. The molecule has 2 heterocycles. The second kappa shape index (κ2) is 4.33. The number of benzene rings is 1. The fourth-order valence-electron chi connectivity index (χ4n) is 2.53. The lowest BCUT2D eigenvalue weighted by Gasteiger charge is -2.30. The van der Waals surface area contributed by atoms with Gasteiger partial charge in [0.15, 0.2) is 0 Å². The maximum Gasteiger partial charge on any atom is 0.129 e. The topological polar surface area (TPSA) is 42.2 Å². The molecular weight excluding hydrogens is 222 g/mol. The van der Waals surface area contributed by atoms with E-state index in [0.29, 0.717) is 0 Å². The van der Waals surface area contributed by atoms with E-state index >= 15 is 0 Å². The van der Waals surface area contributed by atoms with Gasteiger partial charge in [-0.2, -0.15) is 0 Å². The molecule has 0 unspecified atom stereocenters. The summed E-state index contributed by atoms with van der Waals surface area (Å²) < 4.78 is 0. The molecule has 3 rings (SSSR count). The van der Waals surface area contributed by atoms with Crippen LogP contribution in [0.15, 0.2) is 36.5 Å². The predicted molar refractivity (Wildman–Crippen MR) is 74.6 cm³/mol. The number of rotatable bonds is 1. The average Bonchev–Trinajstić information content (AvgIpc) is 2.39. The van der Waals surface area contributed by atoms with Crippen molar-refractivity contribution in [1.29, 1.82) is 0 Å². The quantitative estimate of drug-likeness (QED) is 0.778. The summed E-state index contributed by atoms with van der Waals surface area (Å²) in [4.78, 5) is 6.77. The molecule has 0 bridgehead atoms. The number of fused-ring (bicyclic) bond motifs is 1. The minimum Gasteiger partial charge on any atom is -0.398 e. The molecule has 0 amide bonds. The summed E-state index contributed by atoms with van der Waals surface area (Å²) in [5, 5.41) is 0. The first-order chi connectivity index (χ1) is 8.74. The summed E-state index contributed by atoms with van der Waals surface area (Å²) in [5.74, 6) is 1.06. The lowest BCUT2D eigenvalue weighted by atomic mass is 9.98. The van der Waals surface area contributed by atoms with Gasteiger partial charge in [-0.05, 0) is 48.2 Å². The SMILES string of the molecule is Cc1ccnc(N2CCc3c(N)cccc3C2)c1. The summed E-state index contributed by atoms with van der Waals surface area (Å²) in [6.07, 6.45) is 2.87. The highest BCUT2D eigenvalue weighted by Crippen LogP contribution is 2.26. The standard InChI is InChI=1S/C15H17N3/c1-11-5-7-17-15(9-11)18-8-6-13-12(10-18)3-2-4-14(13)16/h2-5,7,9H,6,8,10,16H2,1H3. The van der Waals surface area contributed by atoms with E-state index in [4.69, 9.17) is 5.73 Å². The molecule has 0 radical (unpaired) electrons. The van der Waals surface area contributed by atoms with Crippen LogP contribution in [0.1, 0.15) is 16.7 Å². The summed E-state index contributed by atoms with van der Waals surface area (Å²) in [5.41, 5.74) is 10.8. The van der Waals surface area contributed by atoms with Gasteiger partial charge >= 0.3 is 0 Å². The minimum absolute atomic E-state index is 0.900. The zero-order valence-corrected chi connectivity index (χ0v) is 10.6. The van der Waals surface area contributed by atoms with Gasteiger partial charge in [0.05, 0.1) is 0 Å². The zero-order chi connectivity index (χ0) is 12.5. The number of hydrogen-bond acceptors (Lipinski definition) is 3. The van der Waals surface area contributed by atoms with E-state index in [0.717, 1.165) is 31.0 Å². The van der Waals surface area contributed by atoms with Crippen molar-refractivity contribution in [2.24, 2.45) is 0 Å². The Kier molecular flexibility index (Phi) is 2.67. The number of hydrogen-bond donors (Lipinski definition) is 1. The number of nitrogens with two attached hydrogens (primary N) is 1. The number of anilines is 2. The molecular formula is C15H17N3. The molecule has 1 aromatic heterocycles. The number of aromatic nitrogens is 1. The van der Waals surface area contributed by atoms with E-state index < -0.39 is 0 Å². The Bertz CT molecular complexity index is 578. The highest BCUT2D eigenvalue weighted by molar-refractivity contribution is 5.55. The van der Waals surface area contributed by atoms with E-state index in [-0.39, 0.29) is 0 Å². The number of nitrogens with zero attached hydrogens (tertiary/aromatic N) is 2. The average molecular weight is 239 g/mol. The van der Waals surface area contributed by atoms with E-state index in [2.05, 4.69) is 28.9 Å². The fourth-order valence-corrected chi connectivity index (χ4v) is 2.53. The normalized spacial score (nSPS) is 14.4. The van der Waals surface area contributed by atoms with Crippen molar-refractivity contribution < 1.29 is 0 Å². The first-order valence-electron chi connectivity index (χ1n) is 6.28. The Morgan fingerprint density at radius 2 is 2.17 bits per heavy atom. The van der Waals surface area contributed by atoms with Crippen molar-refractivity contribution in [3.63, 3.8) is 0 Å². The zero-order valence-electron chi connectivity index (χ0n) is 10.6. The second-order valence-corrected chi connectivity index (χ2v) is 4.85. The van der Waals surface area contributed by atoms with Crippen LogP contribution in [0.2, 0.25) is 0 Å². The van der Waals surface area contributed by atoms with Crippen LogP contribution in [0.5, 0.6) is 0 Å². The summed E-state index contributed by atoms with van der Waals surface area (Å²) >= 11 is 0. The smallest absolute Gasteiger partial charge is 0.129 e. The van der Waals surface area contributed by atoms with Crippen LogP contribution in [0.4, 0.5) is 11.5 Å². The van der Waals surface area contributed by atoms with Gasteiger partial charge in [0.2, 0.25) is 0 Å². The predicted octanol–water partition coefficient (Wildman–Crippen LogP) is 2.53. The highest BCUT2D eigenvalue weighted by atomic mass is 15.2. The monoisotopic (exact) mass is 239 g/mol. The highest BCUT2D eigenvalue weighted by Gasteiger charge is 2.18. The second-order valence-electron chi connectivity index (χ2n) is 4.85. The lowest BCUT2D eigenvalue weighted by molar-refractivity contribution is 0.722. The van der Waals surface area contributed by atoms with Crippen LogP contribution < -0.4 is 10.6 Å². The molecule has 0 atom stereocenters. The molecule has 3 heteroatoms. The number of nitrogen functional groups attached to an aromatic ring is 1. The van der Waals surface area contributed by atoms with Gasteiger partial charge < -0.3 is 10.6 Å². The van der Waals surface area contributed by atoms with E-state index in [1.54, 1.807) is 0 Å². The molecule has 0 saturated heterocycles. The summed E-state index contributed by atoms with van der Waals surface area (Å²) in [6, 6.07) is 10.3. The third-order valence-corrected chi connectivity index (χ3v) is 3.53. The van der Waals surface area contributed by atoms with Crippen molar-refractivity contribution in [3.05, 3.63) is 53.2 Å². The first-order valence-corrected chi connectivity index (χ1v) is 6.28. The van der Waals surface area contributed by atoms with Crippen LogP contribution in [0, 0.1) is 6.92 Å². The van der Waals surface area contributed by atoms with Crippen LogP contribution >= 0.6 is 0 Å². The maximum absolute atomic E-state index is 6.02. The molecule has 3 nitrogen and oxygen atoms in total. The molecule has 0 aliphatic carbocycles. The molecule has 2 N–H and O–H groups in total.